The Labute approximate surface area is 57.8 Å². The second-order valence-electron chi connectivity index (χ2n) is 2.01. The molecule has 0 unspecified atom stereocenters. The van der Waals surface area contributed by atoms with E-state index < -0.39 is 5.76 Å². The quantitative estimate of drug-likeness (QED) is 0.592. The number of aromatic amines is 1. The highest BCUT2D eigenvalue weighted by Crippen LogP contribution is 2.06. The minimum atomic E-state index is -0.402. The molecule has 0 aliphatic heterocycles. The van der Waals surface area contributed by atoms with Crippen LogP contribution in [0.1, 0.15) is 1.43 Å². The Bertz CT molecular complexity index is 368. The standard InChI is InChI=1S/C7H5NO2/c9-7-8-5-3-1-2-4-6(5)10-7/h1-4H,(H,8,9)/p+1. The topological polar surface area (TPSA) is 46.0 Å². The summed E-state index contributed by atoms with van der Waals surface area (Å²) in [5, 5.41) is 0. The maximum atomic E-state index is 10.6. The summed E-state index contributed by atoms with van der Waals surface area (Å²) in [5.41, 5.74) is 1.35. The largest absolute Gasteiger partial charge is 1.00 e. The lowest BCUT2D eigenvalue weighted by molar-refractivity contribution is 0.555. The number of hydrogen-bond acceptors (Lipinski definition) is 2. The number of nitrogens with one attached hydrogen (secondary N) is 1. The smallest absolute Gasteiger partial charge is 0.408 e. The van der Waals surface area contributed by atoms with E-state index in [4.69, 9.17) is 4.42 Å². The second-order valence-corrected chi connectivity index (χ2v) is 2.01. The van der Waals surface area contributed by atoms with Gasteiger partial charge in [0.05, 0.1) is 5.52 Å². The van der Waals surface area contributed by atoms with Crippen molar-refractivity contribution in [1.29, 1.82) is 0 Å². The predicted molar refractivity (Wildman–Crippen MR) is 37.9 cm³/mol. The lowest BCUT2D eigenvalue weighted by atomic mass is 10.3. The summed E-state index contributed by atoms with van der Waals surface area (Å²) in [6.07, 6.45) is 0. The highest BCUT2D eigenvalue weighted by Gasteiger charge is 1.95. The lowest BCUT2D eigenvalue weighted by Gasteiger charge is -1.79. The van der Waals surface area contributed by atoms with E-state index in [0.717, 1.165) is 5.52 Å². The van der Waals surface area contributed by atoms with Crippen LogP contribution < -0.4 is 5.76 Å². The number of oxazole rings is 1. The number of benzene rings is 1. The highest BCUT2D eigenvalue weighted by atomic mass is 16.4. The molecule has 10 heavy (non-hydrogen) atoms. The third kappa shape index (κ3) is 0.639. The molecule has 1 aromatic carbocycles. The van der Waals surface area contributed by atoms with E-state index >= 15 is 0 Å². The Morgan fingerprint density at radius 2 is 2.20 bits per heavy atom. The fraction of sp³-hybridized carbons (Fsp3) is 0. The molecule has 0 saturated carbocycles. The predicted octanol–water partition coefficient (Wildman–Crippen LogP) is 1.23. The zero-order valence-electron chi connectivity index (χ0n) is 6.13. The Kier molecular flexibility index (Phi) is 0.917. The van der Waals surface area contributed by atoms with Crippen LogP contribution in [0.25, 0.3) is 11.1 Å². The van der Waals surface area contributed by atoms with Gasteiger partial charge in [0.1, 0.15) is 0 Å². The van der Waals surface area contributed by atoms with Gasteiger partial charge in [-0.2, -0.15) is 0 Å². The summed E-state index contributed by atoms with van der Waals surface area (Å²) >= 11 is 0. The molecule has 3 nitrogen and oxygen atoms in total. The molecular weight excluding hydrogens is 130 g/mol. The number of rotatable bonds is 0. The zero-order valence-corrected chi connectivity index (χ0v) is 5.13. The van der Waals surface area contributed by atoms with Gasteiger partial charge in [-0.25, -0.2) is 4.79 Å². The molecular formula is C7H6NO2+. The minimum Gasteiger partial charge on any atom is -0.408 e. The van der Waals surface area contributed by atoms with Crippen molar-refractivity contribution >= 4 is 11.1 Å². The Balaban J connectivity index is 0.000000605. The van der Waals surface area contributed by atoms with Gasteiger partial charge in [-0.15, -0.1) is 0 Å². The first-order chi connectivity index (χ1) is 4.86. The van der Waals surface area contributed by atoms with E-state index in [1.165, 1.54) is 0 Å². The van der Waals surface area contributed by atoms with Gasteiger partial charge in [0.2, 0.25) is 0 Å². The van der Waals surface area contributed by atoms with Crippen LogP contribution in [-0.4, -0.2) is 4.98 Å². The molecule has 0 radical (unpaired) electrons. The number of para-hydroxylation sites is 2. The van der Waals surface area contributed by atoms with Crippen molar-refractivity contribution < 1.29 is 5.84 Å². The van der Waals surface area contributed by atoms with Crippen LogP contribution in [0.15, 0.2) is 33.5 Å². The molecule has 0 saturated heterocycles. The number of fused-ring (bicyclic) bond motifs is 1. The molecule has 0 aliphatic carbocycles. The average Bonchev–Trinajstić information content (AvgIpc) is 2.27. The van der Waals surface area contributed by atoms with Crippen LogP contribution in [0.3, 0.4) is 0 Å². The highest BCUT2D eigenvalue weighted by molar-refractivity contribution is 5.71. The number of aromatic nitrogens is 1. The van der Waals surface area contributed by atoms with Crippen molar-refractivity contribution in [3.63, 3.8) is 0 Å². The van der Waals surface area contributed by atoms with Gasteiger partial charge in [-0.3, -0.25) is 4.98 Å². The third-order valence-corrected chi connectivity index (χ3v) is 1.33. The van der Waals surface area contributed by atoms with Gasteiger partial charge in [0.25, 0.3) is 0 Å². The molecule has 3 heteroatoms. The zero-order chi connectivity index (χ0) is 6.97. The van der Waals surface area contributed by atoms with Gasteiger partial charge in [0.15, 0.2) is 5.58 Å². The van der Waals surface area contributed by atoms with Gasteiger partial charge in [-0.1, -0.05) is 12.1 Å². The van der Waals surface area contributed by atoms with E-state index in [9.17, 15) is 4.79 Å². The maximum absolute atomic E-state index is 10.6. The Morgan fingerprint density at radius 3 is 3.00 bits per heavy atom. The fourth-order valence-electron chi connectivity index (χ4n) is 0.894. The summed E-state index contributed by atoms with van der Waals surface area (Å²) in [7, 11) is 0. The SMILES string of the molecule is O=c1[nH]c2ccccc2o1.[H+]. The van der Waals surface area contributed by atoms with Crippen LogP contribution in [0.4, 0.5) is 0 Å². The monoisotopic (exact) mass is 136 g/mol. The second kappa shape index (κ2) is 1.73. The summed E-state index contributed by atoms with van der Waals surface area (Å²) < 4.78 is 4.76. The molecule has 2 aromatic rings. The maximum Gasteiger partial charge on any atom is 1.00 e. The molecule has 0 bridgehead atoms. The minimum absolute atomic E-state index is 0. The van der Waals surface area contributed by atoms with Crippen molar-refractivity contribution in [1.82, 2.24) is 4.98 Å². The van der Waals surface area contributed by atoms with E-state index in [1.54, 1.807) is 12.1 Å². The van der Waals surface area contributed by atoms with E-state index in [2.05, 4.69) is 4.98 Å². The lowest BCUT2D eigenvalue weighted by Crippen LogP contribution is -1.92. The molecule has 1 heterocycles. The van der Waals surface area contributed by atoms with E-state index in [0.29, 0.717) is 5.58 Å². The number of H-pyrrole nitrogens is 1. The third-order valence-electron chi connectivity index (χ3n) is 1.33. The summed E-state index contributed by atoms with van der Waals surface area (Å²) in [4.78, 5) is 13.1. The molecule has 1 aromatic heterocycles. The fourth-order valence-corrected chi connectivity index (χ4v) is 0.894. The van der Waals surface area contributed by atoms with Crippen LogP contribution in [0, 0.1) is 0 Å². The van der Waals surface area contributed by atoms with Gasteiger partial charge in [-0.05, 0) is 12.1 Å². The van der Waals surface area contributed by atoms with E-state index in [1.807, 2.05) is 12.1 Å². The molecule has 1 N–H and O–H groups in total. The first-order valence-electron chi connectivity index (χ1n) is 2.94. The Hall–Kier alpha value is -1.51. The van der Waals surface area contributed by atoms with Crippen LogP contribution in [0.5, 0.6) is 0 Å². The van der Waals surface area contributed by atoms with Gasteiger partial charge >= 0.3 is 7.18 Å². The van der Waals surface area contributed by atoms with Crippen molar-refractivity contribution in [2.24, 2.45) is 0 Å². The normalized spacial score (nSPS) is 10.4. The Morgan fingerprint density at radius 1 is 1.40 bits per heavy atom. The van der Waals surface area contributed by atoms with Crippen LogP contribution in [-0.2, 0) is 0 Å². The van der Waals surface area contributed by atoms with Crippen molar-refractivity contribution in [2.75, 3.05) is 0 Å². The molecule has 0 aliphatic rings. The molecule has 50 valence electrons. The first kappa shape index (κ1) is 5.29. The van der Waals surface area contributed by atoms with E-state index in [-0.39, 0.29) is 1.43 Å². The van der Waals surface area contributed by atoms with Crippen molar-refractivity contribution in [3.8, 4) is 0 Å². The molecule has 2 rings (SSSR count). The number of hydrogen-bond donors (Lipinski definition) is 1. The molecule has 0 amide bonds. The molecule has 0 fully saturated rings. The van der Waals surface area contributed by atoms with Crippen molar-refractivity contribution in [3.05, 3.63) is 34.8 Å². The van der Waals surface area contributed by atoms with Gasteiger partial charge in [0, 0.05) is 0 Å². The molecule has 0 atom stereocenters. The summed E-state index contributed by atoms with van der Waals surface area (Å²) in [6.45, 7) is 0. The average molecular weight is 136 g/mol. The molecule has 0 spiro atoms. The van der Waals surface area contributed by atoms with Gasteiger partial charge < -0.3 is 4.42 Å². The summed E-state index contributed by atoms with van der Waals surface area (Å²) in [5.74, 6) is -0.402. The summed E-state index contributed by atoms with van der Waals surface area (Å²) in [6, 6.07) is 7.19. The van der Waals surface area contributed by atoms with Crippen LogP contribution in [0.2, 0.25) is 0 Å². The van der Waals surface area contributed by atoms with Crippen LogP contribution >= 0.6 is 0 Å². The van der Waals surface area contributed by atoms with Crippen molar-refractivity contribution in [2.45, 2.75) is 0 Å². The first-order valence-corrected chi connectivity index (χ1v) is 2.94.